The van der Waals surface area contributed by atoms with Crippen molar-refractivity contribution in [2.45, 2.75) is 33.3 Å². The molecule has 4 nitrogen and oxygen atoms in total. The average molecular weight is 242 g/mol. The van der Waals surface area contributed by atoms with Crippen LogP contribution in [0.3, 0.4) is 0 Å². The second-order valence-corrected chi connectivity index (χ2v) is 5.07. The number of likely N-dealkylation sites (N-methyl/N-ethyl adjacent to an activating group) is 1. The fraction of sp³-hybridized carbons (Fsp3) is 0.636. The summed E-state index contributed by atoms with van der Waals surface area (Å²) in [4.78, 5) is 13.8. The van der Waals surface area contributed by atoms with Gasteiger partial charge in [0.05, 0.1) is 16.9 Å². The number of aryl methyl sites for hydroxylation is 1. The molecule has 1 N–H and O–H groups in total. The number of nitrogens with zero attached hydrogens (tertiary/aromatic N) is 2. The highest BCUT2D eigenvalue weighted by Gasteiger charge is 2.23. The van der Waals surface area contributed by atoms with Crippen molar-refractivity contribution in [3.63, 3.8) is 0 Å². The van der Waals surface area contributed by atoms with Crippen molar-refractivity contribution in [1.82, 2.24) is 9.27 Å². The zero-order chi connectivity index (χ0) is 12.3. The molecule has 0 aliphatic carbocycles. The SMILES string of the molecule is CCN(CC(C)(C)O)C(=O)c1csnc1C. The average Bonchev–Trinajstić information content (AvgIpc) is 2.58. The van der Waals surface area contributed by atoms with Gasteiger partial charge in [0, 0.05) is 18.5 Å². The van der Waals surface area contributed by atoms with E-state index in [1.54, 1.807) is 24.1 Å². The molecule has 1 aromatic heterocycles. The third-order valence-corrected chi connectivity index (χ3v) is 2.95. The second-order valence-electron chi connectivity index (χ2n) is 4.45. The van der Waals surface area contributed by atoms with E-state index in [-0.39, 0.29) is 5.91 Å². The second kappa shape index (κ2) is 4.93. The Hall–Kier alpha value is -0.940. The standard InChI is InChI=1S/C11H18N2O2S/c1-5-13(7-11(3,4)15)10(14)9-6-16-12-8(9)2/h6,15H,5,7H2,1-4H3. The van der Waals surface area contributed by atoms with Gasteiger partial charge in [0.1, 0.15) is 0 Å². The fourth-order valence-corrected chi connectivity index (χ4v) is 2.15. The normalized spacial score (nSPS) is 11.6. The summed E-state index contributed by atoms with van der Waals surface area (Å²) in [6, 6.07) is 0. The van der Waals surface area contributed by atoms with Gasteiger partial charge in [-0.05, 0) is 39.2 Å². The summed E-state index contributed by atoms with van der Waals surface area (Å²) < 4.78 is 4.08. The smallest absolute Gasteiger partial charge is 0.256 e. The molecule has 16 heavy (non-hydrogen) atoms. The number of carbonyl (C=O) groups is 1. The first-order valence-corrected chi connectivity index (χ1v) is 6.11. The molecule has 0 saturated carbocycles. The molecule has 0 saturated heterocycles. The predicted octanol–water partition coefficient (Wildman–Crippen LogP) is 1.68. The quantitative estimate of drug-likeness (QED) is 0.874. The van der Waals surface area contributed by atoms with E-state index >= 15 is 0 Å². The van der Waals surface area contributed by atoms with E-state index in [1.165, 1.54) is 11.5 Å². The van der Waals surface area contributed by atoms with Gasteiger partial charge in [-0.25, -0.2) is 0 Å². The summed E-state index contributed by atoms with van der Waals surface area (Å²) in [5, 5.41) is 11.5. The summed E-state index contributed by atoms with van der Waals surface area (Å²) >= 11 is 1.28. The van der Waals surface area contributed by atoms with Crippen LogP contribution in [0.4, 0.5) is 0 Å². The molecular formula is C11H18N2O2S. The lowest BCUT2D eigenvalue weighted by Gasteiger charge is -2.27. The van der Waals surface area contributed by atoms with Crippen LogP contribution in [0.2, 0.25) is 0 Å². The van der Waals surface area contributed by atoms with Crippen molar-refractivity contribution in [3.8, 4) is 0 Å². The molecule has 0 aliphatic rings. The molecule has 0 aromatic carbocycles. The maximum Gasteiger partial charge on any atom is 0.256 e. The number of aliphatic hydroxyl groups is 1. The highest BCUT2D eigenvalue weighted by atomic mass is 32.1. The van der Waals surface area contributed by atoms with Gasteiger partial charge in [-0.3, -0.25) is 4.79 Å². The Labute approximate surface area is 100 Å². The minimum absolute atomic E-state index is 0.0594. The Morgan fingerprint density at radius 2 is 2.25 bits per heavy atom. The number of rotatable bonds is 4. The Kier molecular flexibility index (Phi) is 4.04. The third kappa shape index (κ3) is 3.28. The molecular weight excluding hydrogens is 224 g/mol. The maximum absolute atomic E-state index is 12.1. The van der Waals surface area contributed by atoms with E-state index in [1.807, 2.05) is 13.8 Å². The van der Waals surface area contributed by atoms with E-state index in [9.17, 15) is 9.90 Å². The lowest BCUT2D eigenvalue weighted by atomic mass is 10.1. The number of aromatic nitrogens is 1. The van der Waals surface area contributed by atoms with Gasteiger partial charge in [-0.2, -0.15) is 4.37 Å². The maximum atomic E-state index is 12.1. The molecule has 0 bridgehead atoms. The van der Waals surface area contributed by atoms with Crippen LogP contribution in [0.25, 0.3) is 0 Å². The van der Waals surface area contributed by atoms with Gasteiger partial charge in [-0.15, -0.1) is 0 Å². The minimum atomic E-state index is -0.872. The van der Waals surface area contributed by atoms with Gasteiger partial charge in [-0.1, -0.05) is 0 Å². The molecule has 0 atom stereocenters. The van der Waals surface area contributed by atoms with Crippen molar-refractivity contribution in [2.24, 2.45) is 0 Å². The van der Waals surface area contributed by atoms with E-state index < -0.39 is 5.60 Å². The van der Waals surface area contributed by atoms with Crippen molar-refractivity contribution in [3.05, 3.63) is 16.6 Å². The van der Waals surface area contributed by atoms with Crippen LogP contribution in [-0.2, 0) is 0 Å². The zero-order valence-corrected chi connectivity index (χ0v) is 11.0. The summed E-state index contributed by atoms with van der Waals surface area (Å²) in [5.74, 6) is -0.0594. The zero-order valence-electron chi connectivity index (χ0n) is 10.1. The monoisotopic (exact) mass is 242 g/mol. The third-order valence-electron chi connectivity index (χ3n) is 2.23. The molecule has 90 valence electrons. The summed E-state index contributed by atoms with van der Waals surface area (Å²) in [6.07, 6.45) is 0. The van der Waals surface area contributed by atoms with Crippen LogP contribution in [0.1, 0.15) is 36.8 Å². The van der Waals surface area contributed by atoms with Gasteiger partial charge in [0.2, 0.25) is 0 Å². The lowest BCUT2D eigenvalue weighted by Crippen LogP contribution is -2.42. The number of hydrogen-bond acceptors (Lipinski definition) is 4. The van der Waals surface area contributed by atoms with E-state index in [2.05, 4.69) is 4.37 Å². The van der Waals surface area contributed by atoms with Crippen molar-refractivity contribution < 1.29 is 9.90 Å². The van der Waals surface area contributed by atoms with Crippen molar-refractivity contribution in [2.75, 3.05) is 13.1 Å². The Bertz CT molecular complexity index is 368. The van der Waals surface area contributed by atoms with Gasteiger partial charge in [0.15, 0.2) is 0 Å². The Morgan fingerprint density at radius 1 is 1.62 bits per heavy atom. The molecule has 0 unspecified atom stereocenters. The Balaban J connectivity index is 2.82. The van der Waals surface area contributed by atoms with Crippen LogP contribution in [0.5, 0.6) is 0 Å². The van der Waals surface area contributed by atoms with Crippen molar-refractivity contribution in [1.29, 1.82) is 0 Å². The molecule has 1 rings (SSSR count). The topological polar surface area (TPSA) is 53.4 Å². The number of hydrogen-bond donors (Lipinski definition) is 1. The van der Waals surface area contributed by atoms with Crippen LogP contribution in [0, 0.1) is 6.92 Å². The predicted molar refractivity (Wildman–Crippen MR) is 64.7 cm³/mol. The summed E-state index contributed by atoms with van der Waals surface area (Å²) in [5.41, 5.74) is 0.517. The minimum Gasteiger partial charge on any atom is -0.389 e. The van der Waals surface area contributed by atoms with Crippen LogP contribution in [-0.4, -0.2) is 39.0 Å². The Morgan fingerprint density at radius 3 is 2.62 bits per heavy atom. The summed E-state index contributed by atoms with van der Waals surface area (Å²) in [6.45, 7) is 8.03. The van der Waals surface area contributed by atoms with Crippen LogP contribution >= 0.6 is 11.5 Å². The van der Waals surface area contributed by atoms with Gasteiger partial charge >= 0.3 is 0 Å². The number of carbonyl (C=O) groups excluding carboxylic acids is 1. The molecule has 0 spiro atoms. The van der Waals surface area contributed by atoms with E-state index in [0.717, 1.165) is 5.69 Å². The first kappa shape index (κ1) is 13.1. The van der Waals surface area contributed by atoms with Crippen molar-refractivity contribution >= 4 is 17.4 Å². The van der Waals surface area contributed by atoms with Gasteiger partial charge in [0.25, 0.3) is 5.91 Å². The first-order chi connectivity index (χ1) is 7.35. The molecule has 1 aromatic rings. The van der Waals surface area contributed by atoms with Crippen LogP contribution < -0.4 is 0 Å². The fourth-order valence-electron chi connectivity index (χ4n) is 1.46. The molecule has 5 heteroatoms. The van der Waals surface area contributed by atoms with E-state index in [4.69, 9.17) is 0 Å². The van der Waals surface area contributed by atoms with Gasteiger partial charge < -0.3 is 10.0 Å². The first-order valence-electron chi connectivity index (χ1n) is 5.28. The molecule has 0 fully saturated rings. The number of amides is 1. The molecule has 1 heterocycles. The largest absolute Gasteiger partial charge is 0.389 e. The lowest BCUT2D eigenvalue weighted by molar-refractivity contribution is 0.0314. The summed E-state index contributed by atoms with van der Waals surface area (Å²) in [7, 11) is 0. The van der Waals surface area contributed by atoms with Crippen LogP contribution in [0.15, 0.2) is 5.38 Å². The molecule has 0 aliphatic heterocycles. The van der Waals surface area contributed by atoms with E-state index in [0.29, 0.717) is 18.7 Å². The highest BCUT2D eigenvalue weighted by Crippen LogP contribution is 2.14. The highest BCUT2D eigenvalue weighted by molar-refractivity contribution is 7.03. The molecule has 1 amide bonds. The molecule has 0 radical (unpaired) electrons.